The molecular weight excluding hydrogens is 2200 g/mol. The van der Waals surface area contributed by atoms with Crippen LogP contribution in [-0.2, 0) is 40.9 Å². The van der Waals surface area contributed by atoms with Gasteiger partial charge in [-0.3, -0.25) is 4.79 Å². The second-order valence-electron chi connectivity index (χ2n) is 44.9. The van der Waals surface area contributed by atoms with Crippen molar-refractivity contribution in [3.8, 4) is 45.1 Å². The molecule has 129 heavy (non-hydrogen) atoms. The maximum atomic E-state index is 11.1. The molecule has 0 radical (unpaired) electrons. The quantitative estimate of drug-likeness (QED) is 0.00641. The Kier molecular flexibility index (Phi) is 79.2. The molecule has 0 heterocycles. The highest BCUT2D eigenvalue weighted by molar-refractivity contribution is 14.1. The zero-order valence-corrected chi connectivity index (χ0v) is 107. The van der Waals surface area contributed by atoms with E-state index < -0.39 is 72.2 Å². The van der Waals surface area contributed by atoms with Gasteiger partial charge in [0.25, 0.3) is 0 Å². The fraction of sp³-hybridized carbons (Fsp3) is 0.745. The molecular formula is C102H196I4O15Si8. The van der Waals surface area contributed by atoms with Gasteiger partial charge in [0.1, 0.15) is 34.5 Å². The van der Waals surface area contributed by atoms with E-state index in [1.54, 1.807) is 18.2 Å². The summed E-state index contributed by atoms with van der Waals surface area (Å²) in [6, 6.07) is 0. The van der Waals surface area contributed by atoms with Crippen LogP contribution in [0.5, 0.6) is 0 Å². The Balaban J connectivity index is -0.000000218. The summed E-state index contributed by atoms with van der Waals surface area (Å²) < 4.78 is 51.9. The lowest BCUT2D eigenvalue weighted by atomic mass is 10.0. The minimum Gasteiger partial charge on any atom is -0.466 e. The zero-order valence-electron chi connectivity index (χ0n) is 90.3. The topological polar surface area (TPSA) is 220 Å². The van der Waals surface area contributed by atoms with Gasteiger partial charge in [0.2, 0.25) is 0 Å². The highest BCUT2D eigenvalue weighted by Gasteiger charge is 2.45. The van der Waals surface area contributed by atoms with E-state index in [0.717, 1.165) is 32.1 Å². The van der Waals surface area contributed by atoms with E-state index in [-0.39, 0.29) is 124 Å². The van der Waals surface area contributed by atoms with Gasteiger partial charge in [-0.1, -0.05) is 365 Å². The molecule has 6 N–H and O–H groups in total. The SMILES string of the molecule is C#C[C@@H](O[Si](C)(C)C(C)(C)C)[C@@H](C)CCO.C/C=C\[C@@H](O[Si](C)(C)C(C)(C)C)[C@@H](C)C/C=C/CO.C=C[C@H](C)[C@H](O)C#C[Si](C)(C)C.COC(=O)/C=C/C[C@H](C)[C@@H](/C=C\I)O[Si](C)(C)C(C)(C)C.C[C@@H](C/C=C/CO)[C@@H](/C=C\I)O[Si](C)(C)C(C)(C)C.C[C@@H](CCO)[C@@H](/C=C\I)O[Si](C)(C)C(C)(C)C.C[C@@H](CCO)[C@@H](C#CI)O[Si](C)(C)C(C)(C)C.C[Si](C)(C)C#CC=O. The first-order valence-electron chi connectivity index (χ1n) is 46.2. The molecule has 14 atom stereocenters. The molecule has 0 fully saturated rings. The van der Waals surface area contributed by atoms with Crippen molar-refractivity contribution in [2.75, 3.05) is 40.1 Å². The number of aliphatic hydroxyl groups excluding tert-OH is 6. The Labute approximate surface area is 859 Å². The molecule has 0 aromatic rings. The number of ether oxygens (including phenoxy) is 1. The van der Waals surface area contributed by atoms with Gasteiger partial charge in [0, 0.05) is 54.4 Å². The molecule has 0 aliphatic carbocycles. The molecule has 0 rings (SSSR count). The van der Waals surface area contributed by atoms with Crippen molar-refractivity contribution < 1.29 is 71.5 Å². The highest BCUT2D eigenvalue weighted by atomic mass is 127. The third-order valence-electron chi connectivity index (χ3n) is 24.5. The van der Waals surface area contributed by atoms with E-state index in [0.29, 0.717) is 36.4 Å². The molecule has 27 heteroatoms. The minimum atomic E-state index is -1.81. The van der Waals surface area contributed by atoms with Crippen LogP contribution in [0.3, 0.4) is 0 Å². The van der Waals surface area contributed by atoms with Crippen LogP contribution in [0.2, 0.25) is 148 Å². The second-order valence-corrected chi connectivity index (χ2v) is 85.6. The van der Waals surface area contributed by atoms with Gasteiger partial charge in [-0.15, -0.1) is 24.1 Å². The Morgan fingerprint density at radius 3 is 0.938 bits per heavy atom. The van der Waals surface area contributed by atoms with E-state index in [1.807, 2.05) is 73.8 Å². The number of carbonyl (C=O) groups excluding carboxylic acids is 2. The standard InChI is InChI=1S/C16H29IO3Si.C16H32O2Si.C15H29IO2Si.C13H27IO2Si.C13H25IO2Si.C13H26O2Si.C10H18OSi.C6H10OSi/c1-13(9-8-10-15(18)19-5)14(11-12-17)20-21(6,7)16(2,3)4;1-8-11-15(14(2)12-9-10-13-17)18-19(6,7)16(3,4)5;1-13(9-7-8-12-17)14(10-11-16)18-19(5,6)15(2,3)4;2*1-11(8-10-15)12(7-9-14)16-17(5,6)13(2,3)4;1-8-12(11(2)9-10-14)15-16(6,7)13(3,4)5;1-6-9(2)10(11)7-8-12(3,4)5;1-8(2,3)6-4-5-7/h8,10-14H,9H2,1-7H3;8-11,14-15,17H,12-13H2,1-7H3;7-8,10-11,13-14,17H,9,12H2,1-6H3;7,9,11-12,15H,8,10H2,1-6H3;11-12,15H,8,10H2,1-6H3;1,11-12,14H,9-10H2,2-7H3;6,9-11H,1H2,2-5H3;5H,1-3H3/b10-8+,12-11-;10-9+,11-8-;8-7+,11-10-;9-7-;;;;/t13-,14+;14-,15+;13-,14+;3*11-,12+;9-,10+;/m0000000./s1. The molecule has 0 saturated carbocycles. The Hall–Kier alpha value is -0.525. The number of allylic oxidation sites excluding steroid dienone is 4. The van der Waals surface area contributed by atoms with Crippen molar-refractivity contribution in [3.63, 3.8) is 0 Å². The van der Waals surface area contributed by atoms with Crippen LogP contribution in [0, 0.1) is 86.5 Å². The Morgan fingerprint density at radius 2 is 0.698 bits per heavy atom. The van der Waals surface area contributed by atoms with Crippen molar-refractivity contribution in [1.82, 2.24) is 0 Å². The summed E-state index contributed by atoms with van der Waals surface area (Å²) in [5.41, 5.74) is 6.02. The van der Waals surface area contributed by atoms with Crippen LogP contribution in [0.25, 0.3) is 0 Å². The lowest BCUT2D eigenvalue weighted by molar-refractivity contribution is -0.134. The van der Waals surface area contributed by atoms with E-state index in [9.17, 15) is 14.7 Å². The van der Waals surface area contributed by atoms with Gasteiger partial charge in [-0.25, -0.2) is 4.79 Å². The molecule has 15 nitrogen and oxygen atoms in total. The normalized spacial score (nSPS) is 16.3. The van der Waals surface area contributed by atoms with Crippen molar-refractivity contribution in [1.29, 1.82) is 0 Å². The smallest absolute Gasteiger partial charge is 0.330 e. The third kappa shape index (κ3) is 70.7. The predicted octanol–water partition coefficient (Wildman–Crippen LogP) is 28.8. The summed E-state index contributed by atoms with van der Waals surface area (Å²) in [6.45, 7) is 101. The first-order chi connectivity index (χ1) is 58.2. The number of hydrogen-bond acceptors (Lipinski definition) is 15. The summed E-state index contributed by atoms with van der Waals surface area (Å²) in [6.07, 6.45) is 34.1. The number of hydrogen-bond donors (Lipinski definition) is 6. The summed E-state index contributed by atoms with van der Waals surface area (Å²) in [5.74, 6) is 12.9. The maximum absolute atomic E-state index is 11.1. The van der Waals surface area contributed by atoms with Crippen LogP contribution < -0.4 is 0 Å². The first-order valence-corrected chi connectivity index (χ1v) is 75.5. The third-order valence-corrected chi connectivity index (χ3v) is 54.6. The first kappa shape index (κ1) is 144. The summed E-state index contributed by atoms with van der Waals surface area (Å²) >= 11 is 8.75. The van der Waals surface area contributed by atoms with Gasteiger partial charge in [0.05, 0.1) is 44.7 Å². The largest absolute Gasteiger partial charge is 0.466 e. The predicted molar refractivity (Wildman–Crippen MR) is 619 cm³/mol. The molecule has 0 aromatic carbocycles. The molecule has 0 amide bonds. The summed E-state index contributed by atoms with van der Waals surface area (Å²) in [5, 5.41) is 55.2. The van der Waals surface area contributed by atoms with Crippen molar-refractivity contribution >= 4 is 169 Å². The Morgan fingerprint density at radius 1 is 0.419 bits per heavy atom. The number of aliphatic hydroxyl groups is 6. The monoisotopic (exact) mass is 2390 g/mol. The number of methoxy groups -OCH3 is 1. The van der Waals surface area contributed by atoms with E-state index in [1.165, 1.54) is 13.2 Å². The Bertz CT molecular complexity index is 3380. The average molecular weight is 2390 g/mol. The van der Waals surface area contributed by atoms with Gasteiger partial charge in [0.15, 0.2) is 56.2 Å². The maximum Gasteiger partial charge on any atom is 0.330 e. The van der Waals surface area contributed by atoms with E-state index in [4.69, 9.17) is 58.5 Å². The molecule has 0 aromatic heterocycles. The lowest BCUT2D eigenvalue weighted by Gasteiger charge is -2.40. The number of aldehydes is 1. The molecule has 0 unspecified atom stereocenters. The fourth-order valence-corrected chi connectivity index (χ4v) is 19.5. The van der Waals surface area contributed by atoms with Gasteiger partial charge in [-0.2, -0.15) is 0 Å². The van der Waals surface area contributed by atoms with Crippen LogP contribution in [0.1, 0.15) is 219 Å². The lowest BCUT2D eigenvalue weighted by Crippen LogP contribution is -2.45. The van der Waals surface area contributed by atoms with E-state index in [2.05, 4.69) is 425 Å². The number of halogens is 4. The molecule has 0 saturated heterocycles. The number of terminal acetylenes is 1. The second kappa shape index (κ2) is 71.0. The van der Waals surface area contributed by atoms with E-state index >= 15 is 0 Å². The molecule has 0 bridgehead atoms. The van der Waals surface area contributed by atoms with Crippen LogP contribution in [0.15, 0.2) is 91.7 Å². The number of rotatable bonds is 39. The minimum absolute atomic E-state index is 0.0556. The molecule has 0 aliphatic rings. The van der Waals surface area contributed by atoms with Crippen molar-refractivity contribution in [2.45, 2.75) is 409 Å². The van der Waals surface area contributed by atoms with Crippen LogP contribution in [-0.4, -0.2) is 192 Å². The van der Waals surface area contributed by atoms with Crippen LogP contribution in [0.4, 0.5) is 0 Å². The number of esters is 1. The van der Waals surface area contributed by atoms with Gasteiger partial charge >= 0.3 is 5.97 Å². The molecule has 0 aliphatic heterocycles. The fourth-order valence-electron chi connectivity index (χ4n) is 8.99. The van der Waals surface area contributed by atoms with Gasteiger partial charge < -0.3 is 61.9 Å². The highest BCUT2D eigenvalue weighted by Crippen LogP contribution is 2.44. The summed E-state index contributed by atoms with van der Waals surface area (Å²) in [7, 11) is -11.8. The summed E-state index contributed by atoms with van der Waals surface area (Å²) in [4.78, 5) is 20.8. The molecule has 0 spiro atoms. The average Bonchev–Trinajstić information content (AvgIpc) is 0.846. The van der Waals surface area contributed by atoms with Crippen molar-refractivity contribution in [3.05, 3.63) is 91.7 Å². The number of carbonyl (C=O) groups is 2. The van der Waals surface area contributed by atoms with Crippen molar-refractivity contribution in [2.24, 2.45) is 41.4 Å². The molecule has 754 valence electrons. The zero-order chi connectivity index (χ0) is 104. The van der Waals surface area contributed by atoms with Crippen LogP contribution >= 0.6 is 90.4 Å². The van der Waals surface area contributed by atoms with Gasteiger partial charge in [-0.05, 0) is 212 Å².